The minimum atomic E-state index is -0.953. The molecule has 0 bridgehead atoms. The first-order valence-electron chi connectivity index (χ1n) is 6.84. The van der Waals surface area contributed by atoms with Gasteiger partial charge in [-0.3, -0.25) is 14.9 Å². The monoisotopic (exact) mass is 350 g/mol. The van der Waals surface area contributed by atoms with E-state index in [0.29, 0.717) is 0 Å². The molecule has 4 rings (SSSR count). The molecule has 7 nitrogen and oxygen atoms in total. The lowest BCUT2D eigenvalue weighted by Crippen LogP contribution is -2.20. The molecule has 0 aromatic heterocycles. The highest BCUT2D eigenvalue weighted by Crippen LogP contribution is 2.49. The van der Waals surface area contributed by atoms with Crippen molar-refractivity contribution >= 4 is 23.2 Å². The Balaban J connectivity index is 2.00. The van der Waals surface area contributed by atoms with Gasteiger partial charge in [0.1, 0.15) is 5.82 Å². The van der Waals surface area contributed by atoms with Gasteiger partial charge in [0, 0.05) is 10.6 Å². The van der Waals surface area contributed by atoms with Gasteiger partial charge in [-0.25, -0.2) is 4.39 Å². The van der Waals surface area contributed by atoms with Crippen LogP contribution in [0.4, 0.5) is 10.1 Å². The molecular formula is C15H8ClFN2O5. The van der Waals surface area contributed by atoms with E-state index in [2.05, 4.69) is 5.32 Å². The number of ether oxygens (including phenoxy) is 2. The van der Waals surface area contributed by atoms with Crippen LogP contribution in [0.15, 0.2) is 24.3 Å². The van der Waals surface area contributed by atoms with Crippen LogP contribution in [0.2, 0.25) is 5.02 Å². The van der Waals surface area contributed by atoms with E-state index >= 15 is 0 Å². The van der Waals surface area contributed by atoms with Crippen LogP contribution in [-0.2, 0) is 0 Å². The second-order valence-corrected chi connectivity index (χ2v) is 5.65. The summed E-state index contributed by atoms with van der Waals surface area (Å²) in [6.45, 7) is -0.137. The number of halogens is 2. The number of nitrogens with zero attached hydrogens (tertiary/aromatic N) is 1. The van der Waals surface area contributed by atoms with Gasteiger partial charge in [0.15, 0.2) is 11.5 Å². The molecule has 9 heteroatoms. The van der Waals surface area contributed by atoms with Crippen LogP contribution in [0.25, 0.3) is 0 Å². The van der Waals surface area contributed by atoms with Gasteiger partial charge in [-0.15, -0.1) is 0 Å². The number of rotatable bonds is 2. The number of hydrogen-bond donors (Lipinski definition) is 1. The standard InChI is InChI=1S/C15H8ClFN2O5/c16-8-2-1-6(17)3-7(8)13-11-9(19(21)22)4-10-14(24-5-23-10)12(11)15(20)18-13/h1-4,13H,5H2,(H,18,20). The summed E-state index contributed by atoms with van der Waals surface area (Å²) < 4.78 is 24.0. The summed E-state index contributed by atoms with van der Waals surface area (Å²) in [7, 11) is 0. The SMILES string of the molecule is O=C1NC(c2cc(F)ccc2Cl)c2c([N+](=O)[O-])cc3c(c21)OCO3. The summed E-state index contributed by atoms with van der Waals surface area (Å²) in [5.74, 6) is -0.869. The van der Waals surface area contributed by atoms with Crippen molar-refractivity contribution in [1.82, 2.24) is 5.32 Å². The number of nitrogens with one attached hydrogen (secondary N) is 1. The second-order valence-electron chi connectivity index (χ2n) is 5.25. The van der Waals surface area contributed by atoms with Crippen LogP contribution in [0.5, 0.6) is 11.5 Å². The molecule has 0 radical (unpaired) electrons. The molecule has 122 valence electrons. The normalized spacial score (nSPS) is 17.6. The minimum absolute atomic E-state index is 0.0158. The fourth-order valence-corrected chi connectivity index (χ4v) is 3.18. The first-order valence-corrected chi connectivity index (χ1v) is 7.22. The predicted molar refractivity (Wildman–Crippen MR) is 79.9 cm³/mol. The summed E-state index contributed by atoms with van der Waals surface area (Å²) in [6.07, 6.45) is 0. The fourth-order valence-electron chi connectivity index (χ4n) is 2.96. The van der Waals surface area contributed by atoms with E-state index in [1.807, 2.05) is 0 Å². The molecule has 2 aliphatic heterocycles. The Bertz CT molecular complexity index is 917. The largest absolute Gasteiger partial charge is 0.453 e. The topological polar surface area (TPSA) is 90.7 Å². The van der Waals surface area contributed by atoms with Gasteiger partial charge >= 0.3 is 0 Å². The molecule has 0 saturated heterocycles. The third-order valence-corrected chi connectivity index (χ3v) is 4.28. The van der Waals surface area contributed by atoms with Crippen molar-refractivity contribution in [1.29, 1.82) is 0 Å². The van der Waals surface area contributed by atoms with Gasteiger partial charge < -0.3 is 14.8 Å². The molecule has 1 unspecified atom stereocenters. The Labute approximate surface area is 139 Å². The average molecular weight is 351 g/mol. The fraction of sp³-hybridized carbons (Fsp3) is 0.133. The van der Waals surface area contributed by atoms with Crippen LogP contribution >= 0.6 is 11.6 Å². The maximum absolute atomic E-state index is 13.6. The van der Waals surface area contributed by atoms with Crippen molar-refractivity contribution in [3.8, 4) is 11.5 Å². The van der Waals surface area contributed by atoms with E-state index in [-0.39, 0.29) is 45.7 Å². The Hall–Kier alpha value is -2.87. The highest BCUT2D eigenvalue weighted by Gasteiger charge is 2.43. The van der Waals surface area contributed by atoms with E-state index in [1.54, 1.807) is 0 Å². The van der Waals surface area contributed by atoms with Crippen molar-refractivity contribution < 1.29 is 23.6 Å². The molecule has 0 fully saturated rings. The van der Waals surface area contributed by atoms with Crippen molar-refractivity contribution in [2.24, 2.45) is 0 Å². The summed E-state index contributed by atoms with van der Waals surface area (Å²) in [5, 5.41) is 14.2. The van der Waals surface area contributed by atoms with Crippen molar-refractivity contribution in [2.45, 2.75) is 6.04 Å². The molecule has 0 saturated carbocycles. The van der Waals surface area contributed by atoms with E-state index in [9.17, 15) is 19.3 Å². The number of carbonyl (C=O) groups is 1. The highest BCUT2D eigenvalue weighted by atomic mass is 35.5. The molecule has 2 aromatic carbocycles. The lowest BCUT2D eigenvalue weighted by atomic mass is 9.95. The Morgan fingerprint density at radius 3 is 2.88 bits per heavy atom. The van der Waals surface area contributed by atoms with Gasteiger partial charge in [0.25, 0.3) is 11.6 Å². The zero-order valence-electron chi connectivity index (χ0n) is 11.8. The molecule has 2 heterocycles. The van der Waals surface area contributed by atoms with E-state index in [0.717, 1.165) is 12.1 Å². The molecule has 1 N–H and O–H groups in total. The maximum Gasteiger partial charge on any atom is 0.279 e. The minimum Gasteiger partial charge on any atom is -0.453 e. The van der Waals surface area contributed by atoms with Crippen molar-refractivity contribution in [2.75, 3.05) is 6.79 Å². The van der Waals surface area contributed by atoms with E-state index in [1.165, 1.54) is 12.1 Å². The number of amides is 1. The number of benzene rings is 2. The quantitative estimate of drug-likeness (QED) is 0.664. The molecule has 1 amide bonds. The molecule has 0 aliphatic carbocycles. The molecule has 2 aliphatic rings. The lowest BCUT2D eigenvalue weighted by molar-refractivity contribution is -0.385. The zero-order chi connectivity index (χ0) is 17.0. The summed E-state index contributed by atoms with van der Waals surface area (Å²) in [5.41, 5.74) is 0.00689. The first-order chi connectivity index (χ1) is 11.5. The second kappa shape index (κ2) is 5.07. The average Bonchev–Trinajstić information content (AvgIpc) is 3.13. The Morgan fingerprint density at radius 1 is 1.33 bits per heavy atom. The molecule has 2 aromatic rings. The third-order valence-electron chi connectivity index (χ3n) is 3.94. The predicted octanol–water partition coefficient (Wildman–Crippen LogP) is 2.95. The van der Waals surface area contributed by atoms with Crippen LogP contribution in [0.1, 0.15) is 27.5 Å². The number of nitro groups is 1. The number of fused-ring (bicyclic) bond motifs is 3. The van der Waals surface area contributed by atoms with Crippen molar-refractivity contribution in [3.63, 3.8) is 0 Å². The summed E-state index contributed by atoms with van der Waals surface area (Å²) in [6, 6.07) is 3.87. The molecule has 24 heavy (non-hydrogen) atoms. The summed E-state index contributed by atoms with van der Waals surface area (Å²) in [4.78, 5) is 23.2. The van der Waals surface area contributed by atoms with Crippen LogP contribution < -0.4 is 14.8 Å². The van der Waals surface area contributed by atoms with Gasteiger partial charge in [-0.2, -0.15) is 0 Å². The maximum atomic E-state index is 13.6. The van der Waals surface area contributed by atoms with Crippen LogP contribution in [0.3, 0.4) is 0 Å². The first kappa shape index (κ1) is 14.7. The number of nitro benzene ring substituents is 1. The molecular weight excluding hydrogens is 343 g/mol. The highest BCUT2D eigenvalue weighted by molar-refractivity contribution is 6.31. The van der Waals surface area contributed by atoms with Crippen molar-refractivity contribution in [3.05, 3.63) is 61.9 Å². The number of hydrogen-bond acceptors (Lipinski definition) is 5. The molecule has 0 spiro atoms. The smallest absolute Gasteiger partial charge is 0.279 e. The third kappa shape index (κ3) is 2.00. The van der Waals surface area contributed by atoms with Gasteiger partial charge in [-0.05, 0) is 18.2 Å². The van der Waals surface area contributed by atoms with Gasteiger partial charge in [-0.1, -0.05) is 11.6 Å². The van der Waals surface area contributed by atoms with Crippen LogP contribution in [0, 0.1) is 15.9 Å². The summed E-state index contributed by atoms with van der Waals surface area (Å²) >= 11 is 6.10. The molecule has 1 atom stereocenters. The lowest BCUT2D eigenvalue weighted by Gasteiger charge is -2.14. The van der Waals surface area contributed by atoms with Crippen LogP contribution in [-0.4, -0.2) is 17.6 Å². The van der Waals surface area contributed by atoms with E-state index in [4.69, 9.17) is 21.1 Å². The number of carbonyl (C=O) groups excluding carboxylic acids is 1. The van der Waals surface area contributed by atoms with Gasteiger partial charge in [0.05, 0.1) is 28.2 Å². The Morgan fingerprint density at radius 2 is 2.12 bits per heavy atom. The Kier molecular flexibility index (Phi) is 3.10. The zero-order valence-corrected chi connectivity index (χ0v) is 12.6. The van der Waals surface area contributed by atoms with E-state index < -0.39 is 22.7 Å². The van der Waals surface area contributed by atoms with Gasteiger partial charge in [0.2, 0.25) is 6.79 Å².